The van der Waals surface area contributed by atoms with Crippen molar-refractivity contribution in [1.82, 2.24) is 0 Å². The molecule has 0 aliphatic rings. The zero-order valence-corrected chi connectivity index (χ0v) is 11.0. The van der Waals surface area contributed by atoms with Crippen molar-refractivity contribution in [1.29, 1.82) is 0 Å². The molecule has 0 atom stereocenters. The number of aliphatic carboxylic acids is 1. The smallest absolute Gasteiger partial charge is 0.307 e. The Bertz CT molecular complexity index is 534. The average Bonchev–Trinajstić information content (AvgIpc) is 2.46. The molecule has 0 saturated heterocycles. The third-order valence-electron chi connectivity index (χ3n) is 2.70. The van der Waals surface area contributed by atoms with Crippen LogP contribution in [0.25, 0.3) is 0 Å². The molecule has 4 nitrogen and oxygen atoms in total. The fraction of sp³-hybridized carbons (Fsp3) is 0.188. The van der Waals surface area contributed by atoms with Crippen molar-refractivity contribution in [3.05, 3.63) is 65.7 Å². The van der Waals surface area contributed by atoms with Crippen LogP contribution in [0.1, 0.15) is 11.1 Å². The van der Waals surface area contributed by atoms with E-state index in [4.69, 9.17) is 14.6 Å². The molecule has 0 radical (unpaired) electrons. The van der Waals surface area contributed by atoms with Crippen molar-refractivity contribution in [3.8, 4) is 5.75 Å². The van der Waals surface area contributed by atoms with Gasteiger partial charge in [0.1, 0.15) is 5.75 Å². The maximum Gasteiger partial charge on any atom is 0.307 e. The molecule has 1 N–H and O–H groups in total. The van der Waals surface area contributed by atoms with Crippen molar-refractivity contribution in [3.63, 3.8) is 0 Å². The fourth-order valence-electron chi connectivity index (χ4n) is 1.72. The van der Waals surface area contributed by atoms with Gasteiger partial charge in [-0.25, -0.2) is 0 Å². The van der Waals surface area contributed by atoms with Gasteiger partial charge in [0.25, 0.3) is 0 Å². The number of hydrogen-bond acceptors (Lipinski definition) is 3. The van der Waals surface area contributed by atoms with Gasteiger partial charge in [0.05, 0.1) is 13.0 Å². The van der Waals surface area contributed by atoms with Crippen LogP contribution < -0.4 is 4.74 Å². The Kier molecular flexibility index (Phi) is 5.15. The van der Waals surface area contributed by atoms with Crippen LogP contribution in [0, 0.1) is 0 Å². The van der Waals surface area contributed by atoms with E-state index in [2.05, 4.69) is 0 Å². The lowest BCUT2D eigenvalue weighted by Gasteiger charge is -2.07. The molecule has 0 aliphatic heterocycles. The molecule has 0 saturated carbocycles. The molecule has 4 heteroatoms. The van der Waals surface area contributed by atoms with Crippen LogP contribution in [-0.2, 0) is 22.6 Å². The number of benzene rings is 2. The minimum absolute atomic E-state index is 0.0186. The second-order valence-corrected chi connectivity index (χ2v) is 4.31. The lowest BCUT2D eigenvalue weighted by Crippen LogP contribution is -2.03. The summed E-state index contributed by atoms with van der Waals surface area (Å²) in [7, 11) is 0. The normalized spacial score (nSPS) is 10.2. The van der Waals surface area contributed by atoms with Gasteiger partial charge >= 0.3 is 5.97 Å². The molecular formula is C16H16O4. The number of carboxylic acid groups (broad SMARTS) is 1. The Morgan fingerprint density at radius 3 is 2.30 bits per heavy atom. The first kappa shape index (κ1) is 14.1. The SMILES string of the molecule is O=C(O)Cc1ccc(OCOCc2ccccc2)cc1. The lowest BCUT2D eigenvalue weighted by atomic mass is 10.1. The number of ether oxygens (including phenoxy) is 2. The van der Waals surface area contributed by atoms with Crippen LogP contribution in [-0.4, -0.2) is 17.9 Å². The number of carboxylic acids is 1. The maximum absolute atomic E-state index is 10.5. The number of rotatable bonds is 7. The molecule has 0 aromatic heterocycles. The van der Waals surface area contributed by atoms with E-state index in [0.29, 0.717) is 12.4 Å². The van der Waals surface area contributed by atoms with Gasteiger partial charge in [0.2, 0.25) is 0 Å². The topological polar surface area (TPSA) is 55.8 Å². The van der Waals surface area contributed by atoms with E-state index in [9.17, 15) is 4.79 Å². The Morgan fingerprint density at radius 1 is 0.950 bits per heavy atom. The van der Waals surface area contributed by atoms with E-state index in [0.717, 1.165) is 11.1 Å². The highest BCUT2D eigenvalue weighted by atomic mass is 16.7. The predicted molar refractivity (Wildman–Crippen MR) is 74.5 cm³/mol. The summed E-state index contributed by atoms with van der Waals surface area (Å²) >= 11 is 0. The molecule has 0 amide bonds. The molecule has 20 heavy (non-hydrogen) atoms. The summed E-state index contributed by atoms with van der Waals surface area (Å²) in [6.45, 7) is 0.658. The molecule has 2 aromatic rings. The van der Waals surface area contributed by atoms with Gasteiger partial charge in [-0.2, -0.15) is 0 Å². The highest BCUT2D eigenvalue weighted by Gasteiger charge is 2.00. The molecule has 0 unspecified atom stereocenters. The maximum atomic E-state index is 10.5. The van der Waals surface area contributed by atoms with Gasteiger partial charge < -0.3 is 14.6 Å². The Balaban J connectivity index is 1.73. The standard InChI is InChI=1S/C16H16O4/c17-16(18)10-13-6-8-15(9-7-13)20-12-19-11-14-4-2-1-3-5-14/h1-9H,10-12H2,(H,17,18). The Labute approximate surface area is 117 Å². The van der Waals surface area contributed by atoms with Gasteiger partial charge in [-0.05, 0) is 23.3 Å². The zero-order chi connectivity index (χ0) is 14.2. The van der Waals surface area contributed by atoms with Crippen LogP contribution >= 0.6 is 0 Å². The van der Waals surface area contributed by atoms with E-state index in [1.165, 1.54) is 0 Å². The van der Waals surface area contributed by atoms with Crippen molar-refractivity contribution in [2.45, 2.75) is 13.0 Å². The molecule has 0 bridgehead atoms. The first-order valence-electron chi connectivity index (χ1n) is 6.29. The fourth-order valence-corrected chi connectivity index (χ4v) is 1.72. The minimum atomic E-state index is -0.843. The molecule has 0 aliphatic carbocycles. The van der Waals surface area contributed by atoms with E-state index in [1.807, 2.05) is 30.3 Å². The third kappa shape index (κ3) is 4.74. The predicted octanol–water partition coefficient (Wildman–Crippen LogP) is 2.87. The Hall–Kier alpha value is -2.33. The monoisotopic (exact) mass is 272 g/mol. The molecule has 0 spiro atoms. The van der Waals surface area contributed by atoms with E-state index < -0.39 is 5.97 Å². The van der Waals surface area contributed by atoms with Gasteiger partial charge in [-0.3, -0.25) is 4.79 Å². The van der Waals surface area contributed by atoms with E-state index in [-0.39, 0.29) is 13.2 Å². The van der Waals surface area contributed by atoms with Crippen LogP contribution in [0.5, 0.6) is 5.75 Å². The van der Waals surface area contributed by atoms with Crippen molar-refractivity contribution in [2.75, 3.05) is 6.79 Å². The van der Waals surface area contributed by atoms with Gasteiger partial charge in [0, 0.05) is 0 Å². The first-order chi connectivity index (χ1) is 9.74. The summed E-state index contributed by atoms with van der Waals surface area (Å²) < 4.78 is 10.8. The molecular weight excluding hydrogens is 256 g/mol. The van der Waals surface area contributed by atoms with Crippen LogP contribution in [0.15, 0.2) is 54.6 Å². The molecule has 2 aromatic carbocycles. The number of carbonyl (C=O) groups is 1. The summed E-state index contributed by atoms with van der Waals surface area (Å²) in [5.74, 6) is -0.183. The lowest BCUT2D eigenvalue weighted by molar-refractivity contribution is -0.136. The molecule has 0 heterocycles. The Morgan fingerprint density at radius 2 is 1.65 bits per heavy atom. The second-order valence-electron chi connectivity index (χ2n) is 4.31. The highest BCUT2D eigenvalue weighted by Crippen LogP contribution is 2.13. The van der Waals surface area contributed by atoms with Crippen LogP contribution in [0.3, 0.4) is 0 Å². The van der Waals surface area contributed by atoms with Crippen LogP contribution in [0.2, 0.25) is 0 Å². The average molecular weight is 272 g/mol. The van der Waals surface area contributed by atoms with Crippen molar-refractivity contribution in [2.24, 2.45) is 0 Å². The van der Waals surface area contributed by atoms with E-state index >= 15 is 0 Å². The summed E-state index contributed by atoms with van der Waals surface area (Å²) in [5.41, 5.74) is 1.84. The molecule has 2 rings (SSSR count). The second kappa shape index (κ2) is 7.31. The zero-order valence-electron chi connectivity index (χ0n) is 11.0. The summed E-state index contributed by atoms with van der Waals surface area (Å²) in [6.07, 6.45) is 0.0186. The quantitative estimate of drug-likeness (QED) is 0.622. The largest absolute Gasteiger partial charge is 0.481 e. The van der Waals surface area contributed by atoms with Gasteiger partial charge in [-0.1, -0.05) is 42.5 Å². The van der Waals surface area contributed by atoms with Crippen molar-refractivity contribution >= 4 is 5.97 Å². The number of hydrogen-bond donors (Lipinski definition) is 1. The van der Waals surface area contributed by atoms with Gasteiger partial charge in [-0.15, -0.1) is 0 Å². The molecule has 0 fully saturated rings. The third-order valence-corrected chi connectivity index (χ3v) is 2.70. The van der Waals surface area contributed by atoms with E-state index in [1.54, 1.807) is 24.3 Å². The van der Waals surface area contributed by atoms with Crippen LogP contribution in [0.4, 0.5) is 0 Å². The van der Waals surface area contributed by atoms with Gasteiger partial charge in [0.15, 0.2) is 6.79 Å². The minimum Gasteiger partial charge on any atom is -0.481 e. The summed E-state index contributed by atoms with van der Waals surface area (Å²) in [6, 6.07) is 16.8. The first-order valence-corrected chi connectivity index (χ1v) is 6.29. The van der Waals surface area contributed by atoms with Crippen molar-refractivity contribution < 1.29 is 19.4 Å². The molecule has 104 valence electrons. The highest BCUT2D eigenvalue weighted by molar-refractivity contribution is 5.70. The summed E-state index contributed by atoms with van der Waals surface area (Å²) in [4.78, 5) is 10.5. The summed E-state index contributed by atoms with van der Waals surface area (Å²) in [5, 5.41) is 8.67.